The summed E-state index contributed by atoms with van der Waals surface area (Å²) in [6.07, 6.45) is 2.38. The summed E-state index contributed by atoms with van der Waals surface area (Å²) in [6.45, 7) is 0. The first-order valence-corrected chi connectivity index (χ1v) is 6.25. The molecule has 0 amide bonds. The molecule has 0 aliphatic heterocycles. The molecule has 0 bridgehead atoms. The molecule has 0 N–H and O–H groups in total. The lowest BCUT2D eigenvalue weighted by Gasteiger charge is -2.02. The number of carbonyl (C=O) groups is 2. The van der Waals surface area contributed by atoms with Gasteiger partial charge in [0.25, 0.3) is 0 Å². The Kier molecular flexibility index (Phi) is 4.61. The van der Waals surface area contributed by atoms with Crippen molar-refractivity contribution >= 4 is 23.9 Å². The molecular weight excluding hydrogens is 271 g/mol. The summed E-state index contributed by atoms with van der Waals surface area (Å²) < 4.78 is 17.5. The van der Waals surface area contributed by atoms with Crippen LogP contribution < -0.4 is 0 Å². The Morgan fingerprint density at radius 3 is 2.10 bits per heavy atom. The minimum Gasteiger partial charge on any atom is -0.465 e. The normalized spacial score (nSPS) is 11.0. The molecule has 0 spiro atoms. The van der Waals surface area contributed by atoms with Crippen LogP contribution in [0.15, 0.2) is 48.5 Å². The number of methoxy groups -OCH3 is 1. The zero-order chi connectivity index (χ0) is 15.2. The van der Waals surface area contributed by atoms with Crippen molar-refractivity contribution in [2.75, 3.05) is 7.11 Å². The fourth-order valence-corrected chi connectivity index (χ4v) is 1.84. The first kappa shape index (κ1) is 14.7. The number of carbonyl (C=O) groups excluding carboxylic acids is 2. The van der Waals surface area contributed by atoms with Crippen LogP contribution in [0.3, 0.4) is 0 Å². The molecule has 0 atom stereocenters. The summed E-state index contributed by atoms with van der Waals surface area (Å²) in [7, 11) is 1.31. The van der Waals surface area contributed by atoms with E-state index < -0.39 is 5.97 Å². The Morgan fingerprint density at radius 2 is 1.57 bits per heavy atom. The molecule has 0 saturated heterocycles. The lowest BCUT2D eigenvalue weighted by molar-refractivity contribution is -0.103. The molecule has 106 valence electrons. The third kappa shape index (κ3) is 3.63. The van der Waals surface area contributed by atoms with Crippen LogP contribution in [0.25, 0.3) is 11.6 Å². The molecule has 0 aliphatic carbocycles. The summed E-state index contributed by atoms with van der Waals surface area (Å²) in [6, 6.07) is 12.3. The highest BCUT2D eigenvalue weighted by Crippen LogP contribution is 2.17. The smallest absolute Gasteiger partial charge is 0.337 e. The van der Waals surface area contributed by atoms with Crippen molar-refractivity contribution in [1.29, 1.82) is 0 Å². The van der Waals surface area contributed by atoms with Gasteiger partial charge in [0.1, 0.15) is 5.82 Å². The van der Waals surface area contributed by atoms with Gasteiger partial charge in [-0.15, -0.1) is 0 Å². The number of esters is 1. The Morgan fingerprint density at radius 1 is 1.00 bits per heavy atom. The second kappa shape index (κ2) is 6.61. The van der Waals surface area contributed by atoms with Crippen molar-refractivity contribution in [2.24, 2.45) is 0 Å². The molecule has 3 nitrogen and oxygen atoms in total. The number of ether oxygens (including phenoxy) is 1. The van der Waals surface area contributed by atoms with Crippen molar-refractivity contribution < 1.29 is 18.7 Å². The largest absolute Gasteiger partial charge is 0.465 e. The molecule has 2 aromatic rings. The molecular formula is C17H13FO3. The SMILES string of the molecule is COC(=O)c1ccc(/C=C(/C=O)c2ccc(F)cc2)cc1. The number of aldehydes is 1. The number of rotatable bonds is 4. The molecule has 0 aliphatic rings. The quantitative estimate of drug-likeness (QED) is 0.374. The van der Waals surface area contributed by atoms with E-state index in [-0.39, 0.29) is 5.82 Å². The van der Waals surface area contributed by atoms with Crippen molar-refractivity contribution in [2.45, 2.75) is 0 Å². The van der Waals surface area contributed by atoms with Gasteiger partial charge in [-0.1, -0.05) is 24.3 Å². The molecule has 0 aromatic heterocycles. The zero-order valence-electron chi connectivity index (χ0n) is 11.4. The van der Waals surface area contributed by atoms with Gasteiger partial charge < -0.3 is 4.74 Å². The van der Waals surface area contributed by atoms with Gasteiger partial charge >= 0.3 is 5.97 Å². The lowest BCUT2D eigenvalue weighted by atomic mass is 10.0. The summed E-state index contributed by atoms with van der Waals surface area (Å²) in [5.74, 6) is -0.772. The van der Waals surface area contributed by atoms with Gasteiger partial charge in [0.05, 0.1) is 12.7 Å². The molecule has 0 unspecified atom stereocenters. The molecule has 4 heteroatoms. The Bertz CT molecular complexity index is 670. The van der Waals surface area contributed by atoms with E-state index in [1.807, 2.05) is 0 Å². The van der Waals surface area contributed by atoms with Crippen LogP contribution >= 0.6 is 0 Å². The van der Waals surface area contributed by atoms with E-state index in [1.54, 1.807) is 42.5 Å². The minimum atomic E-state index is -0.417. The van der Waals surface area contributed by atoms with Crippen LogP contribution in [0, 0.1) is 5.82 Å². The van der Waals surface area contributed by atoms with Crippen LogP contribution in [-0.2, 0) is 9.53 Å². The Labute approximate surface area is 121 Å². The fourth-order valence-electron chi connectivity index (χ4n) is 1.84. The summed E-state index contributed by atoms with van der Waals surface area (Å²) in [5.41, 5.74) is 2.25. The van der Waals surface area contributed by atoms with Gasteiger partial charge in [0.2, 0.25) is 0 Å². The predicted octanol–water partition coefficient (Wildman–Crippen LogP) is 3.35. The van der Waals surface area contributed by atoms with E-state index in [2.05, 4.69) is 4.74 Å². The van der Waals surface area contributed by atoms with E-state index in [4.69, 9.17) is 0 Å². The van der Waals surface area contributed by atoms with E-state index in [0.717, 1.165) is 5.56 Å². The van der Waals surface area contributed by atoms with Gasteiger partial charge in [-0.05, 0) is 41.5 Å². The van der Waals surface area contributed by atoms with Gasteiger partial charge in [-0.2, -0.15) is 0 Å². The van der Waals surface area contributed by atoms with Crippen LogP contribution in [-0.4, -0.2) is 19.4 Å². The summed E-state index contributed by atoms with van der Waals surface area (Å²) in [4.78, 5) is 22.5. The zero-order valence-corrected chi connectivity index (χ0v) is 11.4. The number of hydrogen-bond donors (Lipinski definition) is 0. The monoisotopic (exact) mass is 284 g/mol. The lowest BCUT2D eigenvalue weighted by Crippen LogP contribution is -2.00. The van der Waals surface area contributed by atoms with Crippen LogP contribution in [0.1, 0.15) is 21.5 Å². The highest BCUT2D eigenvalue weighted by atomic mass is 19.1. The third-order valence-corrected chi connectivity index (χ3v) is 2.96. The average molecular weight is 284 g/mol. The van der Waals surface area contributed by atoms with Crippen molar-refractivity contribution in [3.63, 3.8) is 0 Å². The fraction of sp³-hybridized carbons (Fsp3) is 0.0588. The van der Waals surface area contributed by atoms with Crippen molar-refractivity contribution in [3.05, 3.63) is 71.0 Å². The topological polar surface area (TPSA) is 43.4 Å². The number of allylic oxidation sites excluding steroid dienone is 1. The van der Waals surface area contributed by atoms with Gasteiger partial charge in [-0.25, -0.2) is 9.18 Å². The van der Waals surface area contributed by atoms with Crippen molar-refractivity contribution in [1.82, 2.24) is 0 Å². The molecule has 21 heavy (non-hydrogen) atoms. The molecule has 0 fully saturated rings. The molecule has 2 rings (SSSR count). The van der Waals surface area contributed by atoms with E-state index >= 15 is 0 Å². The van der Waals surface area contributed by atoms with Crippen LogP contribution in [0.5, 0.6) is 0 Å². The highest BCUT2D eigenvalue weighted by molar-refractivity contribution is 6.13. The minimum absolute atomic E-state index is 0.355. The van der Waals surface area contributed by atoms with Gasteiger partial charge in [-0.3, -0.25) is 4.79 Å². The van der Waals surface area contributed by atoms with Crippen LogP contribution in [0.4, 0.5) is 4.39 Å². The molecule has 0 radical (unpaired) electrons. The Hall–Kier alpha value is -2.75. The number of hydrogen-bond acceptors (Lipinski definition) is 3. The van der Waals surface area contributed by atoms with Crippen molar-refractivity contribution in [3.8, 4) is 0 Å². The predicted molar refractivity (Wildman–Crippen MR) is 78.1 cm³/mol. The second-order valence-electron chi connectivity index (χ2n) is 4.34. The maximum atomic E-state index is 12.9. The molecule has 0 saturated carbocycles. The molecule has 2 aromatic carbocycles. The summed E-state index contributed by atoms with van der Waals surface area (Å²) >= 11 is 0. The first-order valence-electron chi connectivity index (χ1n) is 6.25. The number of halogens is 1. The maximum absolute atomic E-state index is 12.9. The summed E-state index contributed by atoms with van der Waals surface area (Å²) in [5, 5.41) is 0. The van der Waals surface area contributed by atoms with E-state index in [9.17, 15) is 14.0 Å². The van der Waals surface area contributed by atoms with E-state index in [0.29, 0.717) is 23.0 Å². The molecule has 0 heterocycles. The first-order chi connectivity index (χ1) is 10.1. The maximum Gasteiger partial charge on any atom is 0.337 e. The second-order valence-corrected chi connectivity index (χ2v) is 4.34. The van der Waals surface area contributed by atoms with Gasteiger partial charge in [0, 0.05) is 5.57 Å². The third-order valence-electron chi connectivity index (χ3n) is 2.96. The van der Waals surface area contributed by atoms with Crippen LogP contribution in [0.2, 0.25) is 0 Å². The Balaban J connectivity index is 2.29. The number of benzene rings is 2. The standard InChI is InChI=1S/C17H13FO3/c1-21-17(20)14-4-2-12(3-5-14)10-15(11-19)13-6-8-16(18)9-7-13/h2-11H,1H3/b15-10-. The van der Waals surface area contributed by atoms with Gasteiger partial charge in [0.15, 0.2) is 6.29 Å². The van der Waals surface area contributed by atoms with E-state index in [1.165, 1.54) is 19.2 Å². The highest BCUT2D eigenvalue weighted by Gasteiger charge is 2.05. The average Bonchev–Trinajstić information content (AvgIpc) is 2.53.